The molecule has 0 atom stereocenters. The van der Waals surface area contributed by atoms with Crippen LogP contribution >= 0.6 is 0 Å². The molecule has 0 unspecified atom stereocenters. The Kier molecular flexibility index (Phi) is 4.90. The number of sulfonamides is 1. The first-order chi connectivity index (χ1) is 11.9. The summed E-state index contributed by atoms with van der Waals surface area (Å²) >= 11 is 0. The van der Waals surface area contributed by atoms with E-state index in [0.29, 0.717) is 24.2 Å². The maximum atomic E-state index is 12.1. The van der Waals surface area contributed by atoms with Crippen LogP contribution in [0, 0.1) is 0 Å². The van der Waals surface area contributed by atoms with Crippen LogP contribution in [-0.2, 0) is 21.2 Å². The second-order valence-corrected chi connectivity index (χ2v) is 7.75. The van der Waals surface area contributed by atoms with Gasteiger partial charge >= 0.3 is 5.97 Å². The number of esters is 1. The standard InChI is InChI=1S/C19H19NO4S/c1-25(22,23)20-12-11-16-14-17(9-10-18(16)20)19(21)24-13-5-8-15-6-3-2-4-7-15/h2-10,14H,11-13H2,1H3/b8-5+. The zero-order valence-electron chi connectivity index (χ0n) is 13.9. The van der Waals surface area contributed by atoms with Crippen LogP contribution in [0.25, 0.3) is 6.08 Å². The molecule has 0 aromatic heterocycles. The Balaban J connectivity index is 1.63. The molecular weight excluding hydrogens is 338 g/mol. The van der Waals surface area contributed by atoms with Crippen LogP contribution in [-0.4, -0.2) is 33.8 Å². The monoisotopic (exact) mass is 357 g/mol. The number of carbonyl (C=O) groups is 1. The zero-order valence-corrected chi connectivity index (χ0v) is 14.7. The van der Waals surface area contributed by atoms with E-state index in [0.717, 1.165) is 11.1 Å². The molecule has 0 N–H and O–H groups in total. The fourth-order valence-corrected chi connectivity index (χ4v) is 3.76. The van der Waals surface area contributed by atoms with Gasteiger partial charge in [0.25, 0.3) is 0 Å². The molecule has 130 valence electrons. The Labute approximate surface area is 147 Å². The fraction of sp³-hybridized carbons (Fsp3) is 0.211. The summed E-state index contributed by atoms with van der Waals surface area (Å²) in [5, 5.41) is 0. The highest BCUT2D eigenvalue weighted by Gasteiger charge is 2.26. The van der Waals surface area contributed by atoms with Crippen molar-refractivity contribution in [1.82, 2.24) is 0 Å². The average Bonchev–Trinajstić information content (AvgIpc) is 3.03. The fourth-order valence-electron chi connectivity index (χ4n) is 2.80. The van der Waals surface area contributed by atoms with E-state index >= 15 is 0 Å². The quantitative estimate of drug-likeness (QED) is 0.772. The highest BCUT2D eigenvalue weighted by molar-refractivity contribution is 7.92. The molecule has 0 spiro atoms. The van der Waals surface area contributed by atoms with Crippen molar-refractivity contribution in [3.8, 4) is 0 Å². The van der Waals surface area contributed by atoms with Crippen molar-refractivity contribution >= 4 is 27.8 Å². The van der Waals surface area contributed by atoms with Gasteiger partial charge in [-0.05, 0) is 41.8 Å². The topological polar surface area (TPSA) is 63.7 Å². The van der Waals surface area contributed by atoms with Gasteiger partial charge in [-0.15, -0.1) is 0 Å². The third kappa shape index (κ3) is 4.09. The second kappa shape index (κ2) is 7.11. The Morgan fingerprint density at radius 2 is 1.96 bits per heavy atom. The number of hydrogen-bond donors (Lipinski definition) is 0. The van der Waals surface area contributed by atoms with E-state index in [4.69, 9.17) is 4.74 Å². The molecule has 2 aromatic carbocycles. The first-order valence-corrected chi connectivity index (χ1v) is 9.79. The summed E-state index contributed by atoms with van der Waals surface area (Å²) in [5.41, 5.74) is 2.96. The van der Waals surface area contributed by atoms with Crippen molar-refractivity contribution in [2.75, 3.05) is 23.7 Å². The number of fused-ring (bicyclic) bond motifs is 1. The summed E-state index contributed by atoms with van der Waals surface area (Å²) in [6.07, 6.45) is 5.45. The molecule has 0 saturated heterocycles. The van der Waals surface area contributed by atoms with Gasteiger partial charge in [-0.1, -0.05) is 36.4 Å². The summed E-state index contributed by atoms with van der Waals surface area (Å²) < 4.78 is 30.1. The van der Waals surface area contributed by atoms with Crippen LogP contribution < -0.4 is 4.31 Å². The maximum Gasteiger partial charge on any atom is 0.338 e. The number of anilines is 1. The van der Waals surface area contributed by atoms with Gasteiger partial charge in [0, 0.05) is 6.54 Å². The van der Waals surface area contributed by atoms with Gasteiger partial charge in [0.05, 0.1) is 17.5 Å². The third-order valence-corrected chi connectivity index (χ3v) is 5.17. The van der Waals surface area contributed by atoms with Crippen molar-refractivity contribution in [2.45, 2.75) is 6.42 Å². The van der Waals surface area contributed by atoms with E-state index in [-0.39, 0.29) is 6.61 Å². The number of benzene rings is 2. The number of carbonyl (C=O) groups excluding carboxylic acids is 1. The minimum absolute atomic E-state index is 0.181. The molecule has 2 aromatic rings. The lowest BCUT2D eigenvalue weighted by Gasteiger charge is -2.16. The third-order valence-electron chi connectivity index (χ3n) is 3.99. The second-order valence-electron chi connectivity index (χ2n) is 5.84. The highest BCUT2D eigenvalue weighted by atomic mass is 32.2. The lowest BCUT2D eigenvalue weighted by molar-refractivity contribution is 0.0550. The lowest BCUT2D eigenvalue weighted by atomic mass is 10.1. The lowest BCUT2D eigenvalue weighted by Crippen LogP contribution is -2.27. The highest BCUT2D eigenvalue weighted by Crippen LogP contribution is 2.30. The molecule has 0 amide bonds. The molecule has 0 bridgehead atoms. The molecular formula is C19H19NO4S. The molecule has 0 saturated carbocycles. The predicted molar refractivity (Wildman–Crippen MR) is 98.1 cm³/mol. The predicted octanol–water partition coefficient (Wildman–Crippen LogP) is 2.88. The summed E-state index contributed by atoms with van der Waals surface area (Å²) in [6, 6.07) is 14.7. The largest absolute Gasteiger partial charge is 0.458 e. The Hall–Kier alpha value is -2.60. The average molecular weight is 357 g/mol. The van der Waals surface area contributed by atoms with Crippen LogP contribution in [0.1, 0.15) is 21.5 Å². The molecule has 1 aliphatic heterocycles. The van der Waals surface area contributed by atoms with E-state index in [1.807, 2.05) is 36.4 Å². The molecule has 25 heavy (non-hydrogen) atoms. The smallest absolute Gasteiger partial charge is 0.338 e. The number of rotatable bonds is 5. The van der Waals surface area contributed by atoms with Gasteiger partial charge in [-0.2, -0.15) is 0 Å². The van der Waals surface area contributed by atoms with E-state index in [9.17, 15) is 13.2 Å². The molecule has 3 rings (SSSR count). The summed E-state index contributed by atoms with van der Waals surface area (Å²) in [5.74, 6) is -0.418. The molecule has 0 aliphatic carbocycles. The van der Waals surface area contributed by atoms with Crippen molar-refractivity contribution < 1.29 is 17.9 Å². The van der Waals surface area contributed by atoms with Gasteiger partial charge in [0.1, 0.15) is 6.61 Å². The van der Waals surface area contributed by atoms with Gasteiger partial charge in [0.15, 0.2) is 0 Å². The van der Waals surface area contributed by atoms with Crippen LogP contribution in [0.5, 0.6) is 0 Å². The van der Waals surface area contributed by atoms with Gasteiger partial charge in [-0.3, -0.25) is 4.31 Å². The normalized spacial score (nSPS) is 13.9. The first-order valence-electron chi connectivity index (χ1n) is 7.94. The van der Waals surface area contributed by atoms with Crippen LogP contribution in [0.3, 0.4) is 0 Å². The van der Waals surface area contributed by atoms with E-state index in [2.05, 4.69) is 0 Å². The van der Waals surface area contributed by atoms with Crippen molar-refractivity contribution in [1.29, 1.82) is 0 Å². The molecule has 0 radical (unpaired) electrons. The van der Waals surface area contributed by atoms with E-state index in [1.165, 1.54) is 10.6 Å². The summed E-state index contributed by atoms with van der Waals surface area (Å²) in [4.78, 5) is 12.1. The first kappa shape index (κ1) is 17.2. The van der Waals surface area contributed by atoms with Gasteiger partial charge in [-0.25, -0.2) is 13.2 Å². The maximum absolute atomic E-state index is 12.1. The minimum atomic E-state index is -3.28. The Bertz CT molecular complexity index is 904. The molecule has 5 nitrogen and oxygen atoms in total. The number of ether oxygens (including phenoxy) is 1. The van der Waals surface area contributed by atoms with Crippen molar-refractivity contribution in [3.05, 3.63) is 71.3 Å². The molecule has 6 heteroatoms. The van der Waals surface area contributed by atoms with Gasteiger partial charge in [0.2, 0.25) is 10.0 Å². The van der Waals surface area contributed by atoms with Crippen molar-refractivity contribution in [2.24, 2.45) is 0 Å². The number of nitrogens with zero attached hydrogens (tertiary/aromatic N) is 1. The molecule has 0 fully saturated rings. The zero-order chi connectivity index (χ0) is 17.9. The van der Waals surface area contributed by atoms with Gasteiger partial charge < -0.3 is 4.74 Å². The Morgan fingerprint density at radius 1 is 1.20 bits per heavy atom. The minimum Gasteiger partial charge on any atom is -0.458 e. The summed E-state index contributed by atoms with van der Waals surface area (Å²) in [7, 11) is -3.28. The van der Waals surface area contributed by atoms with Crippen LogP contribution in [0.4, 0.5) is 5.69 Å². The van der Waals surface area contributed by atoms with Crippen molar-refractivity contribution in [3.63, 3.8) is 0 Å². The summed E-state index contributed by atoms with van der Waals surface area (Å²) in [6.45, 7) is 0.590. The van der Waals surface area contributed by atoms with Crippen LogP contribution in [0.2, 0.25) is 0 Å². The molecule has 1 aliphatic rings. The van der Waals surface area contributed by atoms with E-state index in [1.54, 1.807) is 24.3 Å². The van der Waals surface area contributed by atoms with E-state index < -0.39 is 16.0 Å². The Morgan fingerprint density at radius 3 is 2.68 bits per heavy atom. The number of hydrogen-bond acceptors (Lipinski definition) is 4. The molecule has 1 heterocycles. The SMILES string of the molecule is CS(=O)(=O)N1CCc2cc(C(=O)OC/C=C/c3ccccc3)ccc21. The van der Waals surface area contributed by atoms with Crippen LogP contribution in [0.15, 0.2) is 54.6 Å².